The van der Waals surface area contributed by atoms with Gasteiger partial charge in [-0.1, -0.05) is 128 Å². The zero-order valence-corrected chi connectivity index (χ0v) is 35.5. The highest BCUT2D eigenvalue weighted by Gasteiger charge is 2.33. The summed E-state index contributed by atoms with van der Waals surface area (Å²) in [5.74, 6) is 0. The van der Waals surface area contributed by atoms with Gasteiger partial charge >= 0.3 is 7.12 Å². The first-order valence-electron chi connectivity index (χ1n) is 20.2. The molecule has 3 aliphatic rings. The molecule has 288 valence electrons. The molecule has 0 aliphatic carbocycles. The van der Waals surface area contributed by atoms with Crippen LogP contribution in [0.15, 0.2) is 121 Å². The lowest BCUT2D eigenvalue weighted by molar-refractivity contribution is 0.0343. The summed E-state index contributed by atoms with van der Waals surface area (Å²) in [6.45, 7) is 12.1. The summed E-state index contributed by atoms with van der Waals surface area (Å²) < 4.78 is 17.0. The summed E-state index contributed by atoms with van der Waals surface area (Å²) in [5, 5.41) is 0. The first-order valence-corrected chi connectivity index (χ1v) is 21.8. The van der Waals surface area contributed by atoms with Gasteiger partial charge in [0.2, 0.25) is 0 Å². The van der Waals surface area contributed by atoms with Crippen LogP contribution in [0.2, 0.25) is 0 Å². The third-order valence-corrected chi connectivity index (χ3v) is 13.5. The van der Waals surface area contributed by atoms with E-state index in [1.807, 2.05) is 0 Å². The highest BCUT2D eigenvalue weighted by atomic mass is 32.1. The van der Waals surface area contributed by atoms with E-state index in [0.29, 0.717) is 13.2 Å². The Morgan fingerprint density at radius 1 is 0.424 bits per heavy atom. The molecule has 0 spiro atoms. The molecule has 10 rings (SSSR count). The number of thiophene rings is 2. The van der Waals surface area contributed by atoms with Gasteiger partial charge in [0.15, 0.2) is 0 Å². The molecule has 1 saturated heterocycles. The Morgan fingerprint density at radius 3 is 1.02 bits per heavy atom. The van der Waals surface area contributed by atoms with Crippen molar-refractivity contribution in [2.45, 2.75) is 34.6 Å². The van der Waals surface area contributed by atoms with Crippen LogP contribution in [0.25, 0.3) is 87.6 Å². The zero-order chi connectivity index (χ0) is 40.3. The molecule has 3 aliphatic heterocycles. The standard InChI is InChI=1S/C52H43BN2O2S2/c1-32-6-12-35(13-7-32)48-40-22-23-41(54-40)49(36-14-8-33(2)9-15-36)46-28-29-47(59-46)51(38-18-20-39(21-19-38)53-56-30-52(4,5)31-57-53)43-25-24-42(55-43)50(45-27-26-44(48)58-45)37-16-10-34(3)11-17-37/h6-29H,30-31H2,1-5H3. The minimum Gasteiger partial charge on any atom is -0.407 e. The van der Waals surface area contributed by atoms with Crippen LogP contribution in [0.3, 0.4) is 0 Å². The minimum absolute atomic E-state index is 0.00270. The molecule has 3 aromatic heterocycles. The number of fused-ring (bicyclic) bond motifs is 8. The molecule has 1 fully saturated rings. The Balaban J connectivity index is 1.29. The topological polar surface area (TPSA) is 44.2 Å². The largest absolute Gasteiger partial charge is 0.493 e. The lowest BCUT2D eigenvalue weighted by Gasteiger charge is -2.33. The molecule has 8 bridgehead atoms. The van der Waals surface area contributed by atoms with E-state index < -0.39 is 0 Å². The number of hydrogen-bond donors (Lipinski definition) is 0. The van der Waals surface area contributed by atoms with Crippen molar-refractivity contribution in [2.24, 2.45) is 5.41 Å². The normalized spacial score (nSPS) is 14.6. The number of aromatic nitrogens is 2. The SMILES string of the molecule is Cc1ccc(-c2c3nc(c(-c4ccc(C)cc4)c4ccc(s4)c(-c4ccc(B5OCC(C)(C)CO5)cc4)c4nc(c(-c5ccc(C)cc5)c5ccc2s5)C=C4)C=C3)cc1. The molecule has 6 heterocycles. The molecule has 0 N–H and O–H groups in total. The summed E-state index contributed by atoms with van der Waals surface area (Å²) >= 11 is 3.58. The van der Waals surface area contributed by atoms with Crippen LogP contribution in [-0.2, 0) is 9.31 Å². The number of hydrogen-bond acceptors (Lipinski definition) is 6. The Kier molecular flexibility index (Phi) is 9.65. The molecule has 0 radical (unpaired) electrons. The minimum atomic E-state index is -0.379. The van der Waals surface area contributed by atoms with Crippen LogP contribution in [0, 0.1) is 26.2 Å². The van der Waals surface area contributed by atoms with Crippen molar-refractivity contribution in [1.29, 1.82) is 0 Å². The van der Waals surface area contributed by atoms with E-state index >= 15 is 0 Å². The highest BCUT2D eigenvalue weighted by molar-refractivity contribution is 7.24. The number of benzene rings is 4. The highest BCUT2D eigenvalue weighted by Crippen LogP contribution is 2.43. The number of aryl methyl sites for hydroxylation is 3. The molecule has 0 amide bonds. The van der Waals surface area contributed by atoms with Crippen molar-refractivity contribution >= 4 is 78.4 Å². The zero-order valence-electron chi connectivity index (χ0n) is 33.9. The molecule has 0 saturated carbocycles. The van der Waals surface area contributed by atoms with Gasteiger partial charge in [-0.2, -0.15) is 0 Å². The predicted octanol–water partition coefficient (Wildman–Crippen LogP) is 13.5. The van der Waals surface area contributed by atoms with Crippen molar-refractivity contribution in [1.82, 2.24) is 9.97 Å². The Labute approximate surface area is 354 Å². The quantitative estimate of drug-likeness (QED) is 0.163. The third-order valence-electron chi connectivity index (χ3n) is 11.2. The fraction of sp³-hybridized carbons (Fsp3) is 0.154. The van der Waals surface area contributed by atoms with Crippen LogP contribution in [0.4, 0.5) is 0 Å². The van der Waals surface area contributed by atoms with E-state index in [2.05, 4.69) is 180 Å². The lowest BCUT2D eigenvalue weighted by Crippen LogP contribution is -2.47. The second-order valence-electron chi connectivity index (χ2n) is 16.6. The molecule has 4 aromatic carbocycles. The molecular weight excluding hydrogens is 760 g/mol. The van der Waals surface area contributed by atoms with E-state index in [-0.39, 0.29) is 12.5 Å². The maximum absolute atomic E-state index is 6.18. The lowest BCUT2D eigenvalue weighted by atomic mass is 9.75. The maximum atomic E-state index is 6.18. The van der Waals surface area contributed by atoms with Gasteiger partial charge in [0.25, 0.3) is 0 Å². The smallest absolute Gasteiger partial charge is 0.407 e. The molecular formula is C52H43BN2O2S2. The summed E-state index contributed by atoms with van der Waals surface area (Å²) in [6.07, 6.45) is 8.77. The molecule has 0 unspecified atom stereocenters. The number of rotatable bonds is 5. The monoisotopic (exact) mass is 802 g/mol. The summed E-state index contributed by atoms with van der Waals surface area (Å²) in [7, 11) is -0.379. The van der Waals surface area contributed by atoms with Crippen molar-refractivity contribution in [3.63, 3.8) is 0 Å². The fourth-order valence-corrected chi connectivity index (χ4v) is 10.3. The second-order valence-corrected chi connectivity index (χ2v) is 18.8. The Bertz CT molecular complexity index is 2920. The molecule has 7 heteroatoms. The average Bonchev–Trinajstić information content (AvgIpc) is 4.08. The van der Waals surface area contributed by atoms with Crippen LogP contribution in [0.1, 0.15) is 53.3 Å². The van der Waals surface area contributed by atoms with E-state index in [1.165, 1.54) is 16.7 Å². The maximum Gasteiger partial charge on any atom is 0.493 e. The van der Waals surface area contributed by atoms with Gasteiger partial charge in [-0.3, -0.25) is 0 Å². The van der Waals surface area contributed by atoms with Crippen LogP contribution in [0.5, 0.6) is 0 Å². The van der Waals surface area contributed by atoms with E-state index in [0.717, 1.165) is 91.5 Å². The van der Waals surface area contributed by atoms with Gasteiger partial charge in [-0.15, -0.1) is 22.7 Å². The Morgan fingerprint density at radius 2 is 0.712 bits per heavy atom. The molecule has 7 aromatic rings. The first kappa shape index (κ1) is 37.6. The van der Waals surface area contributed by atoms with Crippen molar-refractivity contribution in [3.8, 4) is 44.5 Å². The summed E-state index contributed by atoms with van der Waals surface area (Å²) in [5.41, 5.74) is 17.4. The van der Waals surface area contributed by atoms with Crippen LogP contribution < -0.4 is 5.46 Å². The predicted molar refractivity (Wildman–Crippen MR) is 253 cm³/mol. The van der Waals surface area contributed by atoms with Crippen molar-refractivity contribution in [2.75, 3.05) is 13.2 Å². The van der Waals surface area contributed by atoms with Crippen LogP contribution in [-0.4, -0.2) is 30.3 Å². The van der Waals surface area contributed by atoms with Gasteiger partial charge in [-0.25, -0.2) is 9.97 Å². The van der Waals surface area contributed by atoms with Gasteiger partial charge in [-0.05, 0) is 97.1 Å². The van der Waals surface area contributed by atoms with Gasteiger partial charge in [0.05, 0.1) is 22.8 Å². The fourth-order valence-electron chi connectivity index (χ4n) is 8.01. The van der Waals surface area contributed by atoms with E-state index in [1.54, 1.807) is 22.7 Å². The van der Waals surface area contributed by atoms with Gasteiger partial charge < -0.3 is 9.31 Å². The second kappa shape index (κ2) is 15.2. The molecule has 4 nitrogen and oxygen atoms in total. The molecule has 59 heavy (non-hydrogen) atoms. The third kappa shape index (κ3) is 7.34. The summed E-state index contributed by atoms with van der Waals surface area (Å²) in [4.78, 5) is 11.0. The molecule has 0 atom stereocenters. The van der Waals surface area contributed by atoms with Crippen molar-refractivity contribution < 1.29 is 9.31 Å². The summed E-state index contributed by atoms with van der Waals surface area (Å²) in [6, 6.07) is 44.2. The first-order chi connectivity index (χ1) is 28.7. The Hall–Kier alpha value is -5.70. The van der Waals surface area contributed by atoms with Crippen molar-refractivity contribution in [3.05, 3.63) is 161 Å². The van der Waals surface area contributed by atoms with Crippen LogP contribution >= 0.6 is 22.7 Å². The number of nitrogens with zero attached hydrogens (tertiary/aromatic N) is 2. The van der Waals surface area contributed by atoms with E-state index in [4.69, 9.17) is 19.3 Å². The van der Waals surface area contributed by atoms with E-state index in [9.17, 15) is 0 Å². The van der Waals surface area contributed by atoms with Gasteiger partial charge in [0.1, 0.15) is 0 Å². The average molecular weight is 803 g/mol. The van der Waals surface area contributed by atoms with Gasteiger partial charge in [0, 0.05) is 59.7 Å².